The molecule has 0 aliphatic heterocycles. The van der Waals surface area contributed by atoms with Crippen LogP contribution in [0.3, 0.4) is 0 Å². The first kappa shape index (κ1) is 11.1. The van der Waals surface area contributed by atoms with Crippen LogP contribution in [0.4, 0.5) is 0 Å². The average Bonchev–Trinajstić information content (AvgIpc) is 2.31. The fourth-order valence-corrected chi connectivity index (χ4v) is 1.36. The Kier molecular flexibility index (Phi) is 4.21. The van der Waals surface area contributed by atoms with Crippen LogP contribution in [0.2, 0.25) is 0 Å². The van der Waals surface area contributed by atoms with Crippen molar-refractivity contribution in [2.24, 2.45) is 5.16 Å². The molecule has 0 heterocycles. The standard InChI is InChI=1S/C10H7N3OS/c1-15-9-4-2-8(3-5-9)10(6-11)13-14-7-12/h2-5H,1H3. The first-order valence-corrected chi connectivity index (χ1v) is 5.22. The minimum absolute atomic E-state index is 0.0872. The molecule has 74 valence electrons. The van der Waals surface area contributed by atoms with Crippen molar-refractivity contribution in [2.45, 2.75) is 4.90 Å². The Morgan fingerprint density at radius 3 is 2.47 bits per heavy atom. The van der Waals surface area contributed by atoms with Gasteiger partial charge in [0.2, 0.25) is 0 Å². The van der Waals surface area contributed by atoms with Crippen molar-refractivity contribution in [3.63, 3.8) is 0 Å². The summed E-state index contributed by atoms with van der Waals surface area (Å²) in [6.45, 7) is 0. The molecule has 0 bridgehead atoms. The first-order valence-electron chi connectivity index (χ1n) is 3.99. The van der Waals surface area contributed by atoms with E-state index in [0.717, 1.165) is 4.90 Å². The lowest BCUT2D eigenvalue weighted by Crippen LogP contribution is -1.97. The summed E-state index contributed by atoms with van der Waals surface area (Å²) in [4.78, 5) is 5.26. The molecule has 0 saturated heterocycles. The van der Waals surface area contributed by atoms with Crippen LogP contribution in [0.5, 0.6) is 0 Å². The summed E-state index contributed by atoms with van der Waals surface area (Å²) in [5, 5.41) is 20.3. The van der Waals surface area contributed by atoms with E-state index in [1.807, 2.05) is 24.5 Å². The van der Waals surface area contributed by atoms with Crippen LogP contribution in [0.25, 0.3) is 0 Å². The van der Waals surface area contributed by atoms with Gasteiger partial charge in [0.1, 0.15) is 6.07 Å². The van der Waals surface area contributed by atoms with Gasteiger partial charge in [-0.25, -0.2) is 0 Å². The molecule has 0 radical (unpaired) electrons. The number of oxime groups is 1. The van der Waals surface area contributed by atoms with Crippen LogP contribution in [0, 0.1) is 22.8 Å². The molecule has 4 nitrogen and oxygen atoms in total. The highest BCUT2D eigenvalue weighted by molar-refractivity contribution is 7.98. The maximum absolute atomic E-state index is 8.76. The van der Waals surface area contributed by atoms with E-state index in [-0.39, 0.29) is 5.71 Å². The van der Waals surface area contributed by atoms with Crippen LogP contribution < -0.4 is 0 Å². The Morgan fingerprint density at radius 2 is 2.00 bits per heavy atom. The smallest absolute Gasteiger partial charge is 0.274 e. The third kappa shape index (κ3) is 3.01. The van der Waals surface area contributed by atoms with E-state index in [9.17, 15) is 0 Å². The molecule has 0 spiro atoms. The van der Waals surface area contributed by atoms with E-state index >= 15 is 0 Å². The highest BCUT2D eigenvalue weighted by Gasteiger charge is 2.02. The lowest BCUT2D eigenvalue weighted by atomic mass is 10.1. The van der Waals surface area contributed by atoms with Gasteiger partial charge in [0.25, 0.3) is 0 Å². The fraction of sp³-hybridized carbons (Fsp3) is 0.100. The molecule has 1 aromatic rings. The number of hydrogen-bond acceptors (Lipinski definition) is 5. The molecule has 1 aromatic carbocycles. The van der Waals surface area contributed by atoms with Gasteiger partial charge < -0.3 is 0 Å². The predicted molar refractivity (Wildman–Crippen MR) is 57.1 cm³/mol. The fourth-order valence-electron chi connectivity index (χ4n) is 0.953. The second kappa shape index (κ2) is 5.69. The Labute approximate surface area is 91.8 Å². The van der Waals surface area contributed by atoms with Gasteiger partial charge in [-0.2, -0.15) is 5.26 Å². The molecule has 0 amide bonds. The van der Waals surface area contributed by atoms with Gasteiger partial charge in [-0.1, -0.05) is 17.3 Å². The molecule has 1 rings (SSSR count). The van der Waals surface area contributed by atoms with Gasteiger partial charge in [0.05, 0.1) is 0 Å². The monoisotopic (exact) mass is 217 g/mol. The average molecular weight is 217 g/mol. The third-order valence-corrected chi connectivity index (χ3v) is 2.39. The van der Waals surface area contributed by atoms with E-state index in [4.69, 9.17) is 10.5 Å². The summed E-state index contributed by atoms with van der Waals surface area (Å²) in [6, 6.07) is 9.12. The van der Waals surface area contributed by atoms with Crippen molar-refractivity contribution in [2.75, 3.05) is 6.26 Å². The van der Waals surface area contributed by atoms with Gasteiger partial charge in [-0.3, -0.25) is 4.84 Å². The number of rotatable bonds is 3. The van der Waals surface area contributed by atoms with Crippen molar-refractivity contribution >= 4 is 17.5 Å². The zero-order valence-corrected chi connectivity index (χ0v) is 8.78. The number of hydrogen-bond donors (Lipinski definition) is 0. The molecule has 15 heavy (non-hydrogen) atoms. The zero-order chi connectivity index (χ0) is 11.1. The third-order valence-electron chi connectivity index (χ3n) is 1.65. The van der Waals surface area contributed by atoms with Gasteiger partial charge in [0.15, 0.2) is 5.71 Å². The predicted octanol–water partition coefficient (Wildman–Crippen LogP) is 2.13. The van der Waals surface area contributed by atoms with Crippen molar-refractivity contribution in [3.05, 3.63) is 29.8 Å². The van der Waals surface area contributed by atoms with Crippen LogP contribution in [0.1, 0.15) is 5.56 Å². The van der Waals surface area contributed by atoms with Crippen LogP contribution in [-0.4, -0.2) is 12.0 Å². The molecule has 5 heteroatoms. The number of nitrogens with zero attached hydrogens (tertiary/aromatic N) is 3. The Balaban J connectivity index is 2.95. The van der Waals surface area contributed by atoms with Crippen LogP contribution in [-0.2, 0) is 4.84 Å². The van der Waals surface area contributed by atoms with Gasteiger partial charge in [0, 0.05) is 10.5 Å². The highest BCUT2D eigenvalue weighted by Crippen LogP contribution is 2.15. The quantitative estimate of drug-likeness (QED) is 0.336. The van der Waals surface area contributed by atoms with Gasteiger partial charge in [-0.15, -0.1) is 17.0 Å². The summed E-state index contributed by atoms with van der Waals surface area (Å²) >= 11 is 1.61. The topological polar surface area (TPSA) is 69.2 Å². The van der Waals surface area contributed by atoms with Gasteiger partial charge in [-0.05, 0) is 18.4 Å². The summed E-state index contributed by atoms with van der Waals surface area (Å²) in [5.74, 6) is 0. The molecular weight excluding hydrogens is 210 g/mol. The van der Waals surface area contributed by atoms with E-state index in [1.54, 1.807) is 23.9 Å². The molecule has 0 unspecified atom stereocenters. The van der Waals surface area contributed by atoms with Crippen molar-refractivity contribution < 1.29 is 4.84 Å². The Morgan fingerprint density at radius 1 is 1.33 bits per heavy atom. The normalized spacial score (nSPS) is 10.2. The van der Waals surface area contributed by atoms with Crippen LogP contribution in [0.15, 0.2) is 34.3 Å². The summed E-state index contributed by atoms with van der Waals surface area (Å²) in [6.07, 6.45) is 3.35. The van der Waals surface area contributed by atoms with Crippen molar-refractivity contribution in [1.82, 2.24) is 0 Å². The summed E-state index contributed by atoms with van der Waals surface area (Å²) in [7, 11) is 0. The molecule has 0 fully saturated rings. The maximum atomic E-state index is 8.76. The van der Waals surface area contributed by atoms with E-state index < -0.39 is 0 Å². The Hall–Kier alpha value is -1.98. The lowest BCUT2D eigenvalue weighted by molar-refractivity contribution is 0.292. The molecule has 0 saturated carbocycles. The summed E-state index contributed by atoms with van der Waals surface area (Å²) < 4.78 is 0. The zero-order valence-electron chi connectivity index (χ0n) is 7.97. The first-order chi connectivity index (χ1) is 7.31. The van der Waals surface area contributed by atoms with Crippen molar-refractivity contribution in [1.29, 1.82) is 10.5 Å². The minimum Gasteiger partial charge on any atom is -0.274 e. The number of benzene rings is 1. The van der Waals surface area contributed by atoms with E-state index in [0.29, 0.717) is 5.56 Å². The number of nitriles is 2. The summed E-state index contributed by atoms with van der Waals surface area (Å²) in [5.41, 5.74) is 0.717. The lowest BCUT2D eigenvalue weighted by Gasteiger charge is -1.98. The van der Waals surface area contributed by atoms with E-state index in [1.165, 1.54) is 6.26 Å². The Bertz CT molecular complexity index is 439. The molecule has 0 N–H and O–H groups in total. The molecule has 0 atom stereocenters. The minimum atomic E-state index is 0.0872. The number of thioether (sulfide) groups is 1. The van der Waals surface area contributed by atoms with E-state index in [2.05, 4.69) is 9.99 Å². The maximum Gasteiger partial charge on any atom is 0.316 e. The molecule has 0 aliphatic rings. The highest BCUT2D eigenvalue weighted by atomic mass is 32.2. The largest absolute Gasteiger partial charge is 0.316 e. The van der Waals surface area contributed by atoms with Crippen molar-refractivity contribution in [3.8, 4) is 12.3 Å². The molecular formula is C10H7N3OS. The second-order valence-electron chi connectivity index (χ2n) is 2.46. The van der Waals surface area contributed by atoms with Crippen LogP contribution >= 0.6 is 11.8 Å². The molecule has 0 aliphatic carbocycles. The molecule has 0 aromatic heterocycles. The second-order valence-corrected chi connectivity index (χ2v) is 3.34. The van der Waals surface area contributed by atoms with Gasteiger partial charge >= 0.3 is 6.26 Å². The SMILES string of the molecule is CSc1ccc(C(C#N)=NOC#N)cc1.